The van der Waals surface area contributed by atoms with Gasteiger partial charge < -0.3 is 0 Å². The Morgan fingerprint density at radius 1 is 0.941 bits per heavy atom. The predicted octanol–water partition coefficient (Wildman–Crippen LogP) is 4.49. The van der Waals surface area contributed by atoms with E-state index in [2.05, 4.69) is 0 Å². The van der Waals surface area contributed by atoms with E-state index in [1.807, 2.05) is 30.3 Å². The molecule has 0 radical (unpaired) electrons. The lowest BCUT2D eigenvalue weighted by atomic mass is 10.0. The van der Waals surface area contributed by atoms with Crippen molar-refractivity contribution in [2.45, 2.75) is 11.8 Å². The molecular formula is C14H11ClF2. The highest BCUT2D eigenvalue weighted by atomic mass is 35.5. The quantitative estimate of drug-likeness (QED) is 0.706. The molecule has 88 valence electrons. The Balaban J connectivity index is 2.14. The molecule has 0 amide bonds. The number of alkyl halides is 1. The first-order valence-corrected chi connectivity index (χ1v) is 5.73. The Morgan fingerprint density at radius 2 is 1.65 bits per heavy atom. The Kier molecular flexibility index (Phi) is 3.75. The van der Waals surface area contributed by atoms with E-state index in [-0.39, 0.29) is 5.38 Å². The van der Waals surface area contributed by atoms with Crippen molar-refractivity contribution in [3.8, 4) is 0 Å². The second-order valence-corrected chi connectivity index (χ2v) is 4.36. The number of benzene rings is 2. The van der Waals surface area contributed by atoms with Gasteiger partial charge in [-0.05, 0) is 29.7 Å². The first kappa shape index (κ1) is 12.1. The largest absolute Gasteiger partial charge is 0.204 e. The molecule has 0 saturated heterocycles. The van der Waals surface area contributed by atoms with Crippen LogP contribution in [0.25, 0.3) is 0 Å². The van der Waals surface area contributed by atoms with Crippen LogP contribution in [0.3, 0.4) is 0 Å². The van der Waals surface area contributed by atoms with E-state index >= 15 is 0 Å². The van der Waals surface area contributed by atoms with Crippen LogP contribution in [0.1, 0.15) is 16.5 Å². The normalized spacial score (nSPS) is 12.4. The van der Waals surface area contributed by atoms with Gasteiger partial charge >= 0.3 is 0 Å². The summed E-state index contributed by atoms with van der Waals surface area (Å²) < 4.78 is 25.8. The van der Waals surface area contributed by atoms with E-state index in [1.165, 1.54) is 6.07 Å². The van der Waals surface area contributed by atoms with Crippen molar-refractivity contribution in [3.63, 3.8) is 0 Å². The molecule has 0 fully saturated rings. The van der Waals surface area contributed by atoms with Gasteiger partial charge in [-0.15, -0.1) is 11.6 Å². The zero-order valence-corrected chi connectivity index (χ0v) is 9.79. The summed E-state index contributed by atoms with van der Waals surface area (Å²) in [4.78, 5) is 0. The summed E-state index contributed by atoms with van der Waals surface area (Å²) in [5.74, 6) is -1.71. The summed E-state index contributed by atoms with van der Waals surface area (Å²) in [6.07, 6.45) is 0.591. The maximum Gasteiger partial charge on any atom is 0.159 e. The van der Waals surface area contributed by atoms with E-state index in [1.54, 1.807) is 0 Å². The molecule has 2 aromatic rings. The van der Waals surface area contributed by atoms with Crippen LogP contribution < -0.4 is 0 Å². The first-order valence-electron chi connectivity index (χ1n) is 5.30. The molecule has 0 saturated carbocycles. The van der Waals surface area contributed by atoms with E-state index in [9.17, 15) is 8.78 Å². The van der Waals surface area contributed by atoms with Gasteiger partial charge in [0.1, 0.15) is 0 Å². The van der Waals surface area contributed by atoms with Crippen molar-refractivity contribution in [1.82, 2.24) is 0 Å². The molecular weight excluding hydrogens is 242 g/mol. The van der Waals surface area contributed by atoms with E-state index in [0.29, 0.717) is 12.0 Å². The molecule has 3 heteroatoms. The van der Waals surface area contributed by atoms with Crippen molar-refractivity contribution >= 4 is 11.6 Å². The van der Waals surface area contributed by atoms with Crippen molar-refractivity contribution in [1.29, 1.82) is 0 Å². The third-order valence-corrected chi connectivity index (χ3v) is 2.97. The molecule has 0 heterocycles. The fourth-order valence-electron chi connectivity index (χ4n) is 1.65. The minimum absolute atomic E-state index is 0.354. The first-order chi connectivity index (χ1) is 8.16. The average Bonchev–Trinajstić information content (AvgIpc) is 2.34. The number of hydrogen-bond acceptors (Lipinski definition) is 0. The summed E-state index contributed by atoms with van der Waals surface area (Å²) in [6, 6.07) is 13.4. The molecule has 0 aliphatic heterocycles. The Morgan fingerprint density at radius 3 is 2.29 bits per heavy atom. The molecule has 17 heavy (non-hydrogen) atoms. The second-order valence-electron chi connectivity index (χ2n) is 3.83. The van der Waals surface area contributed by atoms with Gasteiger partial charge in [-0.1, -0.05) is 36.4 Å². The van der Waals surface area contributed by atoms with Crippen LogP contribution in [0, 0.1) is 11.6 Å². The molecule has 0 nitrogen and oxygen atoms in total. The fraction of sp³-hybridized carbons (Fsp3) is 0.143. The highest BCUT2D eigenvalue weighted by molar-refractivity contribution is 6.20. The summed E-state index contributed by atoms with van der Waals surface area (Å²) in [5.41, 5.74) is 1.66. The van der Waals surface area contributed by atoms with Gasteiger partial charge in [-0.2, -0.15) is 0 Å². The smallest absolute Gasteiger partial charge is 0.159 e. The third-order valence-electron chi connectivity index (χ3n) is 2.56. The maximum absolute atomic E-state index is 13.0. The molecule has 1 unspecified atom stereocenters. The molecule has 2 rings (SSSR count). The van der Waals surface area contributed by atoms with Gasteiger partial charge in [-0.3, -0.25) is 0 Å². The predicted molar refractivity (Wildman–Crippen MR) is 65.1 cm³/mol. The van der Waals surface area contributed by atoms with E-state index < -0.39 is 11.6 Å². The van der Waals surface area contributed by atoms with Crippen molar-refractivity contribution < 1.29 is 8.78 Å². The molecule has 1 atom stereocenters. The lowest BCUT2D eigenvalue weighted by Gasteiger charge is -2.10. The highest BCUT2D eigenvalue weighted by Crippen LogP contribution is 2.26. The zero-order valence-electron chi connectivity index (χ0n) is 9.04. The fourth-order valence-corrected chi connectivity index (χ4v) is 1.96. The van der Waals surface area contributed by atoms with Crippen LogP contribution in [0.15, 0.2) is 48.5 Å². The minimum atomic E-state index is -0.860. The van der Waals surface area contributed by atoms with Crippen LogP contribution in [-0.4, -0.2) is 0 Å². The van der Waals surface area contributed by atoms with Crippen LogP contribution in [0.4, 0.5) is 8.78 Å². The molecule has 0 spiro atoms. The minimum Gasteiger partial charge on any atom is -0.204 e. The summed E-state index contributed by atoms with van der Waals surface area (Å²) in [5, 5.41) is -0.354. The standard InChI is InChI=1S/C14H11ClF2/c15-12(8-10-4-2-1-3-5-10)11-6-7-13(16)14(17)9-11/h1-7,9,12H,8H2. The lowest BCUT2D eigenvalue weighted by molar-refractivity contribution is 0.507. The number of rotatable bonds is 3. The SMILES string of the molecule is Fc1ccc(C(Cl)Cc2ccccc2)cc1F. The Bertz CT molecular complexity index is 497. The van der Waals surface area contributed by atoms with Crippen LogP contribution >= 0.6 is 11.6 Å². The molecule has 2 aromatic carbocycles. The molecule has 0 bridgehead atoms. The van der Waals surface area contributed by atoms with Gasteiger partial charge in [-0.25, -0.2) is 8.78 Å². The average molecular weight is 253 g/mol. The highest BCUT2D eigenvalue weighted by Gasteiger charge is 2.11. The summed E-state index contributed by atoms with van der Waals surface area (Å²) >= 11 is 6.18. The van der Waals surface area contributed by atoms with Gasteiger partial charge in [0, 0.05) is 0 Å². The number of hydrogen-bond donors (Lipinski definition) is 0. The van der Waals surface area contributed by atoms with Gasteiger partial charge in [0.2, 0.25) is 0 Å². The van der Waals surface area contributed by atoms with Crippen LogP contribution in [0.2, 0.25) is 0 Å². The zero-order chi connectivity index (χ0) is 12.3. The third kappa shape index (κ3) is 3.04. The van der Waals surface area contributed by atoms with Gasteiger partial charge in [0.15, 0.2) is 11.6 Å². The lowest BCUT2D eigenvalue weighted by Crippen LogP contribution is -1.97. The van der Waals surface area contributed by atoms with Crippen molar-refractivity contribution in [3.05, 3.63) is 71.3 Å². The van der Waals surface area contributed by atoms with Gasteiger partial charge in [0.05, 0.1) is 5.38 Å². The Hall–Kier alpha value is -1.41. The van der Waals surface area contributed by atoms with Crippen molar-refractivity contribution in [2.24, 2.45) is 0 Å². The summed E-state index contributed by atoms with van der Waals surface area (Å²) in [7, 11) is 0. The molecule has 0 aliphatic rings. The number of halogens is 3. The van der Waals surface area contributed by atoms with E-state index in [0.717, 1.165) is 17.7 Å². The second kappa shape index (κ2) is 5.28. The van der Waals surface area contributed by atoms with E-state index in [4.69, 9.17) is 11.6 Å². The molecule has 0 aromatic heterocycles. The van der Waals surface area contributed by atoms with Crippen LogP contribution in [0.5, 0.6) is 0 Å². The van der Waals surface area contributed by atoms with Crippen molar-refractivity contribution in [2.75, 3.05) is 0 Å². The summed E-state index contributed by atoms with van der Waals surface area (Å²) in [6.45, 7) is 0. The monoisotopic (exact) mass is 252 g/mol. The van der Waals surface area contributed by atoms with Gasteiger partial charge in [0.25, 0.3) is 0 Å². The molecule has 0 N–H and O–H groups in total. The topological polar surface area (TPSA) is 0 Å². The maximum atomic E-state index is 13.0. The van der Waals surface area contributed by atoms with Crippen LogP contribution in [-0.2, 0) is 6.42 Å². The Labute approximate surface area is 104 Å². The molecule has 0 aliphatic carbocycles.